The Bertz CT molecular complexity index is 1070. The molecule has 0 aliphatic carbocycles. The number of phosphoric acid groups is 3. The molecule has 1 aliphatic heterocycles. The summed E-state index contributed by atoms with van der Waals surface area (Å²) >= 11 is 0. The highest BCUT2D eigenvalue weighted by Crippen LogP contribution is 2.66. The van der Waals surface area contributed by atoms with Crippen molar-refractivity contribution in [3.8, 4) is 0 Å². The molecule has 208 valence electrons. The number of nitrogens with zero attached hydrogens (tertiary/aromatic N) is 2. The number of hydrogen-bond donors (Lipinski definition) is 8. The molecule has 0 amide bonds. The van der Waals surface area contributed by atoms with Gasteiger partial charge in [0.2, 0.25) is 0 Å². The minimum absolute atomic E-state index is 0.271. The van der Waals surface area contributed by atoms with Crippen LogP contribution in [-0.2, 0) is 31.6 Å². The fourth-order valence-electron chi connectivity index (χ4n) is 3.11. The Labute approximate surface area is 204 Å². The number of aliphatic hydroxyl groups is 2. The largest absolute Gasteiger partial charge is 0.490 e. The van der Waals surface area contributed by atoms with Crippen LogP contribution in [0.4, 0.5) is 5.82 Å². The van der Waals surface area contributed by atoms with Crippen LogP contribution in [0.15, 0.2) is 17.1 Å². The summed E-state index contributed by atoms with van der Waals surface area (Å²) in [6.45, 7) is 0.172. The second kappa shape index (κ2) is 13.1. The highest BCUT2D eigenvalue weighted by molar-refractivity contribution is 7.66. The molecule has 0 radical (unpaired) electrons. The van der Waals surface area contributed by atoms with Gasteiger partial charge < -0.3 is 45.6 Å². The van der Waals surface area contributed by atoms with E-state index in [0.717, 1.165) is 30.3 Å². The molecule has 0 spiro atoms. The van der Waals surface area contributed by atoms with E-state index in [-0.39, 0.29) is 5.82 Å². The van der Waals surface area contributed by atoms with Crippen LogP contribution in [0.25, 0.3) is 0 Å². The second-order valence-electron chi connectivity index (χ2n) is 7.57. The molecule has 0 saturated carbocycles. The van der Waals surface area contributed by atoms with Crippen LogP contribution in [0.5, 0.6) is 0 Å². The van der Waals surface area contributed by atoms with Gasteiger partial charge in [0.25, 0.3) is 0 Å². The van der Waals surface area contributed by atoms with Gasteiger partial charge in [-0.3, -0.25) is 9.09 Å². The first kappa shape index (κ1) is 31.1. The molecule has 1 saturated heterocycles. The van der Waals surface area contributed by atoms with Crippen molar-refractivity contribution >= 4 is 29.3 Å². The molecule has 6 atom stereocenters. The molecule has 0 bridgehead atoms. The predicted octanol–water partition coefficient (Wildman–Crippen LogP) is -0.863. The van der Waals surface area contributed by atoms with Crippen LogP contribution in [0.1, 0.15) is 31.9 Å². The lowest BCUT2D eigenvalue weighted by Gasteiger charge is -2.19. The van der Waals surface area contributed by atoms with Crippen molar-refractivity contribution in [2.24, 2.45) is 5.73 Å². The zero-order valence-electron chi connectivity index (χ0n) is 18.7. The zero-order valence-corrected chi connectivity index (χ0v) is 21.4. The zero-order chi connectivity index (χ0) is 27.1. The average Bonchev–Trinajstić information content (AvgIpc) is 3.01. The van der Waals surface area contributed by atoms with E-state index in [4.69, 9.17) is 25.2 Å². The highest BCUT2D eigenvalue weighted by atomic mass is 31.3. The van der Waals surface area contributed by atoms with E-state index < -0.39 is 60.3 Å². The first-order valence-electron chi connectivity index (χ1n) is 10.5. The fraction of sp³-hybridized carbons (Fsp3) is 0.733. The number of ether oxygens (including phenoxy) is 1. The van der Waals surface area contributed by atoms with Gasteiger partial charge in [0.1, 0.15) is 24.1 Å². The maximum absolute atomic E-state index is 12.4. The van der Waals surface area contributed by atoms with E-state index in [0.29, 0.717) is 13.1 Å². The van der Waals surface area contributed by atoms with Crippen molar-refractivity contribution < 1.29 is 61.4 Å². The SMILES string of the molecule is NCCCCCCNc1ccn([C@@H]2O[C@H](COP(=O)(O)OP(=O)(O)OP(=O)(O)O)[C@@H](O)[C@H]2O)c(=O)n1. The summed E-state index contributed by atoms with van der Waals surface area (Å²) in [7, 11) is -16.8. The minimum Gasteiger partial charge on any atom is -0.387 e. The van der Waals surface area contributed by atoms with Crippen LogP contribution >= 0.6 is 23.5 Å². The third-order valence-corrected chi connectivity index (χ3v) is 8.50. The molecular formula is C15H29N4O14P3. The maximum Gasteiger partial charge on any atom is 0.490 e. The number of aromatic nitrogens is 2. The summed E-state index contributed by atoms with van der Waals surface area (Å²) < 4.78 is 51.6. The average molecular weight is 582 g/mol. The van der Waals surface area contributed by atoms with Gasteiger partial charge in [0.15, 0.2) is 6.23 Å². The molecule has 9 N–H and O–H groups in total. The number of nitrogens with one attached hydrogen (secondary N) is 1. The predicted molar refractivity (Wildman–Crippen MR) is 120 cm³/mol. The molecule has 21 heteroatoms. The van der Waals surface area contributed by atoms with E-state index in [1.54, 1.807) is 0 Å². The van der Waals surface area contributed by atoms with Gasteiger partial charge in [-0.25, -0.2) is 18.5 Å². The Morgan fingerprint density at radius 1 is 1.03 bits per heavy atom. The Morgan fingerprint density at radius 2 is 1.69 bits per heavy atom. The quantitative estimate of drug-likeness (QED) is 0.0921. The van der Waals surface area contributed by atoms with Crippen molar-refractivity contribution in [1.29, 1.82) is 0 Å². The number of unbranched alkanes of at least 4 members (excludes halogenated alkanes) is 3. The van der Waals surface area contributed by atoms with Gasteiger partial charge in [-0.2, -0.15) is 13.6 Å². The summed E-state index contributed by atoms with van der Waals surface area (Å²) in [5.41, 5.74) is 4.59. The molecule has 18 nitrogen and oxygen atoms in total. The van der Waals surface area contributed by atoms with Gasteiger partial charge in [0.05, 0.1) is 6.61 Å². The van der Waals surface area contributed by atoms with E-state index in [9.17, 15) is 33.6 Å². The van der Waals surface area contributed by atoms with Gasteiger partial charge in [-0.15, -0.1) is 0 Å². The van der Waals surface area contributed by atoms with Crippen molar-refractivity contribution in [1.82, 2.24) is 9.55 Å². The molecule has 1 aromatic heterocycles. The Kier molecular flexibility index (Phi) is 11.4. The standard InChI is InChI=1S/C15H29N4O14P3/c16-6-3-1-2-4-7-17-11-5-8-19(15(22)18-11)14-13(21)12(20)10(31-14)9-30-35(26,27)33-36(28,29)32-34(23,24)25/h5,8,10,12-14,20-21H,1-4,6-7,9,16H2,(H,26,27)(H,28,29)(H,17,18,22)(H2,23,24,25)/t10-,12-,13-,14-/m1/s1. The fourth-order valence-corrected chi connectivity index (χ4v) is 6.14. The van der Waals surface area contributed by atoms with Gasteiger partial charge in [-0.05, 0) is 25.5 Å². The lowest BCUT2D eigenvalue weighted by molar-refractivity contribution is -0.0541. The number of phosphoric ester groups is 1. The summed E-state index contributed by atoms with van der Waals surface area (Å²) in [5, 5.41) is 23.4. The summed E-state index contributed by atoms with van der Waals surface area (Å²) in [5.74, 6) is 0.271. The number of nitrogens with two attached hydrogens (primary N) is 1. The monoisotopic (exact) mass is 582 g/mol. The summed E-state index contributed by atoms with van der Waals surface area (Å²) in [6.07, 6.45) is -1.53. The number of rotatable bonds is 15. The summed E-state index contributed by atoms with van der Waals surface area (Å²) in [4.78, 5) is 51.9. The van der Waals surface area contributed by atoms with Crippen LogP contribution in [0.2, 0.25) is 0 Å². The number of anilines is 1. The van der Waals surface area contributed by atoms with Crippen LogP contribution in [0, 0.1) is 0 Å². The second-order valence-corrected chi connectivity index (χ2v) is 12.0. The van der Waals surface area contributed by atoms with Crippen molar-refractivity contribution in [3.05, 3.63) is 22.7 Å². The normalized spacial score (nSPS) is 25.9. The lowest BCUT2D eigenvalue weighted by atomic mass is 10.1. The first-order chi connectivity index (χ1) is 16.6. The van der Waals surface area contributed by atoms with Gasteiger partial charge in [-0.1, -0.05) is 12.8 Å². The molecule has 2 rings (SSSR count). The van der Waals surface area contributed by atoms with Crippen LogP contribution in [-0.4, -0.2) is 77.3 Å². The molecule has 2 heterocycles. The van der Waals surface area contributed by atoms with E-state index in [1.165, 1.54) is 12.3 Å². The molecule has 36 heavy (non-hydrogen) atoms. The topological polar surface area (TPSA) is 282 Å². The third-order valence-electron chi connectivity index (χ3n) is 4.70. The molecule has 2 unspecified atom stereocenters. The lowest BCUT2D eigenvalue weighted by Crippen LogP contribution is -2.36. The maximum atomic E-state index is 12.4. The van der Waals surface area contributed by atoms with Crippen molar-refractivity contribution in [2.75, 3.05) is 25.0 Å². The van der Waals surface area contributed by atoms with E-state index in [1.807, 2.05) is 0 Å². The Morgan fingerprint density at radius 3 is 2.31 bits per heavy atom. The van der Waals surface area contributed by atoms with Crippen molar-refractivity contribution in [3.63, 3.8) is 0 Å². The highest BCUT2D eigenvalue weighted by Gasteiger charge is 2.46. The third kappa shape index (κ3) is 10.0. The van der Waals surface area contributed by atoms with Gasteiger partial charge >= 0.3 is 29.2 Å². The molecule has 1 fully saturated rings. The van der Waals surface area contributed by atoms with Crippen molar-refractivity contribution in [2.45, 2.75) is 50.2 Å². The Hall–Kier alpha value is -1.07. The summed E-state index contributed by atoms with van der Waals surface area (Å²) in [6, 6.07) is 1.43. The van der Waals surface area contributed by atoms with Gasteiger partial charge in [0, 0.05) is 12.7 Å². The smallest absolute Gasteiger partial charge is 0.387 e. The van der Waals surface area contributed by atoms with Crippen LogP contribution in [0.3, 0.4) is 0 Å². The van der Waals surface area contributed by atoms with E-state index in [2.05, 4.69) is 23.4 Å². The molecule has 1 aromatic rings. The van der Waals surface area contributed by atoms with Crippen LogP contribution < -0.4 is 16.7 Å². The first-order valence-corrected chi connectivity index (χ1v) is 15.0. The number of aliphatic hydroxyl groups excluding tert-OH is 2. The van der Waals surface area contributed by atoms with E-state index >= 15 is 0 Å². The Balaban J connectivity index is 1.95. The molecular weight excluding hydrogens is 553 g/mol. The molecule has 0 aromatic carbocycles. The molecule has 1 aliphatic rings. The number of hydrogen-bond acceptors (Lipinski definition) is 13. The minimum atomic E-state index is -5.73.